The topological polar surface area (TPSA) is 44.8 Å². The average Bonchev–Trinajstić information content (AvgIpc) is 2.60. The van der Waals surface area contributed by atoms with Gasteiger partial charge in [-0.1, -0.05) is 30.3 Å². The van der Waals surface area contributed by atoms with Crippen molar-refractivity contribution in [2.75, 3.05) is 40.4 Å². The molecule has 5 heteroatoms. The summed E-state index contributed by atoms with van der Waals surface area (Å²) in [4.78, 5) is 17.2. The molecule has 2 amide bonds. The van der Waals surface area contributed by atoms with Gasteiger partial charge in [0.1, 0.15) is 0 Å². The summed E-state index contributed by atoms with van der Waals surface area (Å²) in [7, 11) is 3.85. The van der Waals surface area contributed by atoms with Crippen LogP contribution in [-0.4, -0.2) is 62.3 Å². The molecule has 1 heterocycles. The maximum Gasteiger partial charge on any atom is 0.318 e. The average molecular weight is 333 g/mol. The fraction of sp³-hybridized carbons (Fsp3) is 0.632. The summed E-state index contributed by atoms with van der Waals surface area (Å²) in [5, 5.41) is 3.16. The Balaban J connectivity index is 1.97. The van der Waals surface area contributed by atoms with E-state index in [1.165, 1.54) is 0 Å². The third kappa shape index (κ3) is 5.49. The van der Waals surface area contributed by atoms with E-state index in [4.69, 9.17) is 4.74 Å². The van der Waals surface area contributed by atoms with Gasteiger partial charge < -0.3 is 19.9 Å². The van der Waals surface area contributed by atoms with Gasteiger partial charge >= 0.3 is 6.03 Å². The number of nitrogens with zero attached hydrogens (tertiary/aromatic N) is 2. The first-order valence-corrected chi connectivity index (χ1v) is 8.91. The highest BCUT2D eigenvalue weighted by Crippen LogP contribution is 2.18. The maximum atomic E-state index is 12.9. The second kappa shape index (κ2) is 9.64. The molecule has 0 aromatic heterocycles. The Kier molecular flexibility index (Phi) is 7.53. The van der Waals surface area contributed by atoms with Crippen molar-refractivity contribution in [3.8, 4) is 0 Å². The molecule has 1 aromatic carbocycles. The second-order valence-corrected chi connectivity index (χ2v) is 6.66. The van der Waals surface area contributed by atoms with E-state index in [1.54, 1.807) is 7.11 Å². The van der Waals surface area contributed by atoms with Crippen molar-refractivity contribution in [2.24, 2.45) is 0 Å². The zero-order valence-electron chi connectivity index (χ0n) is 15.2. The fourth-order valence-corrected chi connectivity index (χ4v) is 3.23. The van der Waals surface area contributed by atoms with Crippen LogP contribution >= 0.6 is 0 Å². The number of amides is 2. The van der Waals surface area contributed by atoms with Gasteiger partial charge in [0, 0.05) is 26.3 Å². The van der Waals surface area contributed by atoms with Gasteiger partial charge in [0.15, 0.2) is 0 Å². The van der Waals surface area contributed by atoms with Crippen LogP contribution in [0.1, 0.15) is 37.8 Å². The molecular weight excluding hydrogens is 302 g/mol. The Morgan fingerprint density at radius 2 is 2.00 bits per heavy atom. The Labute approximate surface area is 146 Å². The van der Waals surface area contributed by atoms with Crippen molar-refractivity contribution in [1.29, 1.82) is 0 Å². The number of methoxy groups -OCH3 is 1. The lowest BCUT2D eigenvalue weighted by molar-refractivity contribution is 0.117. The lowest BCUT2D eigenvalue weighted by Crippen LogP contribution is -2.51. The van der Waals surface area contributed by atoms with Crippen molar-refractivity contribution in [2.45, 2.75) is 38.3 Å². The number of hydrogen-bond acceptors (Lipinski definition) is 3. The van der Waals surface area contributed by atoms with Crippen LogP contribution < -0.4 is 5.32 Å². The van der Waals surface area contributed by atoms with E-state index < -0.39 is 0 Å². The second-order valence-electron chi connectivity index (χ2n) is 6.66. The molecule has 2 rings (SSSR count). The molecule has 0 bridgehead atoms. The van der Waals surface area contributed by atoms with E-state index in [1.807, 2.05) is 30.0 Å². The molecule has 1 N–H and O–H groups in total. The number of carbonyl (C=O) groups is 1. The molecule has 1 aliphatic heterocycles. The largest absolute Gasteiger partial charge is 0.385 e. The molecule has 1 aliphatic rings. The summed E-state index contributed by atoms with van der Waals surface area (Å²) in [6.07, 6.45) is 2.95. The Morgan fingerprint density at radius 1 is 1.33 bits per heavy atom. The lowest BCUT2D eigenvalue weighted by Gasteiger charge is -2.38. The molecule has 134 valence electrons. The predicted octanol–water partition coefficient (Wildman–Crippen LogP) is 2.89. The standard InChI is InChI=1S/C19H31N3O2/c1-16(17-8-5-4-6-9-17)20-19(23)22(12-7-15-24-3)18-10-13-21(2)14-11-18/h4-6,8-9,16,18H,7,10-15H2,1-3H3,(H,20,23)/t16-/m0/s1. The molecule has 1 atom stereocenters. The summed E-state index contributed by atoms with van der Waals surface area (Å²) >= 11 is 0. The van der Waals surface area contributed by atoms with E-state index in [2.05, 4.69) is 29.4 Å². The van der Waals surface area contributed by atoms with Crippen molar-refractivity contribution < 1.29 is 9.53 Å². The third-order valence-corrected chi connectivity index (χ3v) is 4.78. The van der Waals surface area contributed by atoms with Crippen LogP contribution in [0, 0.1) is 0 Å². The molecule has 1 aromatic rings. The van der Waals surface area contributed by atoms with Gasteiger partial charge in [-0.05, 0) is 51.9 Å². The van der Waals surface area contributed by atoms with Crippen molar-refractivity contribution in [1.82, 2.24) is 15.1 Å². The molecule has 1 fully saturated rings. The van der Waals surface area contributed by atoms with Crippen LogP contribution in [-0.2, 0) is 4.74 Å². The Morgan fingerprint density at radius 3 is 2.62 bits per heavy atom. The van der Waals surface area contributed by atoms with E-state index in [0.717, 1.165) is 44.5 Å². The minimum absolute atomic E-state index is 0.00916. The quantitative estimate of drug-likeness (QED) is 0.781. The number of urea groups is 1. The molecule has 1 saturated heterocycles. The molecule has 0 unspecified atom stereocenters. The van der Waals surface area contributed by atoms with Gasteiger partial charge in [-0.15, -0.1) is 0 Å². The summed E-state index contributed by atoms with van der Waals surface area (Å²) in [6, 6.07) is 10.5. The van der Waals surface area contributed by atoms with E-state index >= 15 is 0 Å². The highest BCUT2D eigenvalue weighted by molar-refractivity contribution is 5.75. The molecule has 24 heavy (non-hydrogen) atoms. The van der Waals surface area contributed by atoms with Crippen molar-refractivity contribution in [3.63, 3.8) is 0 Å². The first-order valence-electron chi connectivity index (χ1n) is 8.91. The van der Waals surface area contributed by atoms with Crippen LogP contribution in [0.5, 0.6) is 0 Å². The minimum Gasteiger partial charge on any atom is -0.385 e. The number of likely N-dealkylation sites (tertiary alicyclic amines) is 1. The van der Waals surface area contributed by atoms with Crippen LogP contribution in [0.15, 0.2) is 30.3 Å². The first-order chi connectivity index (χ1) is 11.6. The number of rotatable bonds is 7. The number of nitrogens with one attached hydrogen (secondary N) is 1. The number of benzene rings is 1. The summed E-state index contributed by atoms with van der Waals surface area (Å²) < 4.78 is 5.16. The molecule has 0 radical (unpaired) electrons. The summed E-state index contributed by atoms with van der Waals surface area (Å²) in [5.41, 5.74) is 1.13. The molecule has 5 nitrogen and oxygen atoms in total. The molecule has 0 aliphatic carbocycles. The predicted molar refractivity (Wildman–Crippen MR) is 97.1 cm³/mol. The Hall–Kier alpha value is -1.59. The normalized spacial score (nSPS) is 17.5. The van der Waals surface area contributed by atoms with Gasteiger partial charge in [0.05, 0.1) is 6.04 Å². The fourth-order valence-electron chi connectivity index (χ4n) is 3.23. The highest BCUT2D eigenvalue weighted by atomic mass is 16.5. The number of ether oxygens (including phenoxy) is 1. The zero-order chi connectivity index (χ0) is 17.4. The number of piperidine rings is 1. The first kappa shape index (κ1) is 18.7. The van der Waals surface area contributed by atoms with Gasteiger partial charge in [-0.2, -0.15) is 0 Å². The lowest BCUT2D eigenvalue weighted by atomic mass is 10.0. The summed E-state index contributed by atoms with van der Waals surface area (Å²) in [6.45, 7) is 5.56. The number of hydrogen-bond donors (Lipinski definition) is 1. The van der Waals surface area contributed by atoms with Crippen molar-refractivity contribution in [3.05, 3.63) is 35.9 Å². The zero-order valence-corrected chi connectivity index (χ0v) is 15.2. The van der Waals surface area contributed by atoms with Gasteiger partial charge in [0.2, 0.25) is 0 Å². The maximum absolute atomic E-state index is 12.9. The smallest absolute Gasteiger partial charge is 0.318 e. The number of carbonyl (C=O) groups excluding carboxylic acids is 1. The van der Waals surface area contributed by atoms with E-state index in [9.17, 15) is 4.79 Å². The minimum atomic E-state index is 0.00916. The summed E-state index contributed by atoms with van der Waals surface area (Å²) in [5.74, 6) is 0. The molecular formula is C19H31N3O2. The SMILES string of the molecule is COCCCN(C(=O)N[C@@H](C)c1ccccc1)C1CCN(C)CC1. The van der Waals surface area contributed by atoms with Crippen LogP contribution in [0.25, 0.3) is 0 Å². The monoisotopic (exact) mass is 333 g/mol. The van der Waals surface area contributed by atoms with Gasteiger partial charge in [-0.3, -0.25) is 0 Å². The third-order valence-electron chi connectivity index (χ3n) is 4.78. The van der Waals surface area contributed by atoms with E-state index in [-0.39, 0.29) is 12.1 Å². The molecule has 0 saturated carbocycles. The molecule has 0 spiro atoms. The van der Waals surface area contributed by atoms with Crippen molar-refractivity contribution >= 4 is 6.03 Å². The van der Waals surface area contributed by atoms with E-state index in [0.29, 0.717) is 12.6 Å². The highest BCUT2D eigenvalue weighted by Gasteiger charge is 2.27. The van der Waals surface area contributed by atoms with Gasteiger partial charge in [0.25, 0.3) is 0 Å². The Bertz CT molecular complexity index is 487. The van der Waals surface area contributed by atoms with Crippen LogP contribution in [0.4, 0.5) is 4.79 Å². The van der Waals surface area contributed by atoms with Crippen LogP contribution in [0.2, 0.25) is 0 Å². The van der Waals surface area contributed by atoms with Crippen LogP contribution in [0.3, 0.4) is 0 Å². The van der Waals surface area contributed by atoms with Gasteiger partial charge in [-0.25, -0.2) is 4.79 Å².